The maximum atomic E-state index is 12.2. The van der Waals surface area contributed by atoms with Crippen LogP contribution in [-0.4, -0.2) is 30.4 Å². The highest BCUT2D eigenvalue weighted by molar-refractivity contribution is 6.53. The molecule has 0 spiro atoms. The second kappa shape index (κ2) is 4.68. The first-order valence-electron chi connectivity index (χ1n) is 6.37. The van der Waals surface area contributed by atoms with Gasteiger partial charge in [0.05, 0.1) is 11.1 Å². The standard InChI is InChI=1S/C13H13Cl2N5O/c1-8-5-9(3-4-10(8)20-7-16-18-19-20)17-11(21)12(2)6-13(12,14)15/h3-5,7H,6H2,1-2H3,(H,17,21). The van der Waals surface area contributed by atoms with E-state index in [0.29, 0.717) is 12.1 Å². The number of halogens is 2. The molecule has 6 nitrogen and oxygen atoms in total. The lowest BCUT2D eigenvalue weighted by atomic mass is 10.1. The number of nitrogens with zero attached hydrogens (tertiary/aromatic N) is 4. The first-order valence-corrected chi connectivity index (χ1v) is 7.12. The summed E-state index contributed by atoms with van der Waals surface area (Å²) in [6.07, 6.45) is 1.97. The quantitative estimate of drug-likeness (QED) is 0.880. The lowest BCUT2D eigenvalue weighted by Crippen LogP contribution is -2.26. The molecule has 21 heavy (non-hydrogen) atoms. The molecule has 3 rings (SSSR count). The number of carbonyl (C=O) groups is 1. The number of carbonyl (C=O) groups excluding carboxylic acids is 1. The van der Waals surface area contributed by atoms with E-state index in [0.717, 1.165) is 11.3 Å². The highest BCUT2D eigenvalue weighted by Crippen LogP contribution is 2.64. The van der Waals surface area contributed by atoms with E-state index >= 15 is 0 Å². The van der Waals surface area contributed by atoms with Gasteiger partial charge in [-0.3, -0.25) is 4.79 Å². The Hall–Kier alpha value is -1.66. The predicted molar refractivity (Wildman–Crippen MR) is 79.7 cm³/mol. The van der Waals surface area contributed by atoms with Crippen molar-refractivity contribution in [3.63, 3.8) is 0 Å². The Bertz CT molecular complexity index is 701. The minimum absolute atomic E-state index is 0.179. The molecule has 1 amide bonds. The van der Waals surface area contributed by atoms with Crippen LogP contribution in [0.3, 0.4) is 0 Å². The topological polar surface area (TPSA) is 72.7 Å². The van der Waals surface area contributed by atoms with Crippen LogP contribution in [0, 0.1) is 12.3 Å². The third-order valence-electron chi connectivity index (χ3n) is 3.81. The molecule has 1 aromatic heterocycles. The molecule has 0 saturated heterocycles. The van der Waals surface area contributed by atoms with Gasteiger partial charge in [-0.05, 0) is 54.5 Å². The number of aryl methyl sites for hydroxylation is 1. The molecule has 0 bridgehead atoms. The fourth-order valence-electron chi connectivity index (χ4n) is 2.18. The van der Waals surface area contributed by atoms with Crippen molar-refractivity contribution in [2.45, 2.75) is 24.6 Å². The van der Waals surface area contributed by atoms with Gasteiger partial charge < -0.3 is 5.32 Å². The van der Waals surface area contributed by atoms with Crippen LogP contribution in [0.25, 0.3) is 5.69 Å². The van der Waals surface area contributed by atoms with Crippen LogP contribution >= 0.6 is 23.2 Å². The minimum Gasteiger partial charge on any atom is -0.326 e. The van der Waals surface area contributed by atoms with Crippen molar-refractivity contribution < 1.29 is 4.79 Å². The zero-order valence-electron chi connectivity index (χ0n) is 11.5. The lowest BCUT2D eigenvalue weighted by molar-refractivity contribution is -0.120. The summed E-state index contributed by atoms with van der Waals surface area (Å²) in [5.74, 6) is -0.179. The van der Waals surface area contributed by atoms with Crippen molar-refractivity contribution in [3.8, 4) is 5.69 Å². The summed E-state index contributed by atoms with van der Waals surface area (Å²) in [7, 11) is 0. The fourth-order valence-corrected chi connectivity index (χ4v) is 2.88. The average Bonchev–Trinajstić information content (AvgIpc) is 2.82. The molecule has 1 fully saturated rings. The zero-order chi connectivity index (χ0) is 15.3. The Kier molecular flexibility index (Phi) is 3.18. The van der Waals surface area contributed by atoms with Crippen LogP contribution in [-0.2, 0) is 4.79 Å². The molecule has 1 heterocycles. The summed E-state index contributed by atoms with van der Waals surface area (Å²) in [4.78, 5) is 12.2. The first kappa shape index (κ1) is 14.3. The van der Waals surface area contributed by atoms with E-state index in [9.17, 15) is 4.79 Å². The van der Waals surface area contributed by atoms with Crippen molar-refractivity contribution in [3.05, 3.63) is 30.1 Å². The molecular formula is C13H13Cl2N5O. The summed E-state index contributed by atoms with van der Waals surface area (Å²) >= 11 is 12.0. The number of hydrogen-bond donors (Lipinski definition) is 1. The average molecular weight is 326 g/mol. The number of nitrogens with one attached hydrogen (secondary N) is 1. The molecule has 1 aromatic carbocycles. The number of benzene rings is 1. The fraction of sp³-hybridized carbons (Fsp3) is 0.385. The molecule has 2 aromatic rings. The van der Waals surface area contributed by atoms with E-state index in [-0.39, 0.29) is 5.91 Å². The number of alkyl halides is 2. The summed E-state index contributed by atoms with van der Waals surface area (Å²) in [6, 6.07) is 5.48. The molecule has 110 valence electrons. The minimum atomic E-state index is -0.974. The van der Waals surface area contributed by atoms with Gasteiger partial charge in [-0.15, -0.1) is 28.3 Å². The van der Waals surface area contributed by atoms with E-state index in [1.165, 1.54) is 6.33 Å². The van der Waals surface area contributed by atoms with Crippen LogP contribution in [0.15, 0.2) is 24.5 Å². The molecule has 1 atom stereocenters. The van der Waals surface area contributed by atoms with E-state index in [4.69, 9.17) is 23.2 Å². The van der Waals surface area contributed by atoms with E-state index in [2.05, 4.69) is 20.8 Å². The van der Waals surface area contributed by atoms with Crippen molar-refractivity contribution in [1.29, 1.82) is 0 Å². The highest BCUT2D eigenvalue weighted by atomic mass is 35.5. The van der Waals surface area contributed by atoms with Gasteiger partial charge in [0.15, 0.2) is 0 Å². The van der Waals surface area contributed by atoms with E-state index < -0.39 is 9.75 Å². The number of amides is 1. The predicted octanol–water partition coefficient (Wildman–Crippen LogP) is 2.49. The zero-order valence-corrected chi connectivity index (χ0v) is 13.0. The molecule has 1 aliphatic carbocycles. The second-order valence-corrected chi connectivity index (χ2v) is 6.91. The monoisotopic (exact) mass is 325 g/mol. The Morgan fingerprint density at radius 2 is 2.14 bits per heavy atom. The molecule has 1 unspecified atom stereocenters. The van der Waals surface area contributed by atoms with E-state index in [1.807, 2.05) is 19.1 Å². The molecule has 1 aliphatic rings. The normalized spacial score (nSPS) is 22.9. The Balaban J connectivity index is 1.79. The van der Waals surface area contributed by atoms with Crippen LogP contribution in [0.1, 0.15) is 18.9 Å². The third kappa shape index (κ3) is 2.38. The number of hydrogen-bond acceptors (Lipinski definition) is 4. The Labute approximate surface area is 131 Å². The number of tetrazole rings is 1. The van der Waals surface area contributed by atoms with Crippen molar-refractivity contribution in [1.82, 2.24) is 20.2 Å². The van der Waals surface area contributed by atoms with Gasteiger partial charge in [-0.1, -0.05) is 0 Å². The van der Waals surface area contributed by atoms with Crippen molar-refractivity contribution >= 4 is 34.8 Å². The molecule has 8 heteroatoms. The van der Waals surface area contributed by atoms with Gasteiger partial charge >= 0.3 is 0 Å². The van der Waals surface area contributed by atoms with Crippen LogP contribution in [0.5, 0.6) is 0 Å². The van der Waals surface area contributed by atoms with Gasteiger partial charge in [0.25, 0.3) is 0 Å². The highest BCUT2D eigenvalue weighted by Gasteiger charge is 2.67. The summed E-state index contributed by atoms with van der Waals surface area (Å²) in [5.41, 5.74) is 1.73. The summed E-state index contributed by atoms with van der Waals surface area (Å²) in [5, 5.41) is 13.9. The number of anilines is 1. The molecule has 0 aliphatic heterocycles. The summed E-state index contributed by atoms with van der Waals surface area (Å²) in [6.45, 7) is 3.67. The van der Waals surface area contributed by atoms with Crippen molar-refractivity contribution in [2.24, 2.45) is 5.41 Å². The second-order valence-electron chi connectivity index (χ2n) is 5.42. The van der Waals surface area contributed by atoms with Gasteiger partial charge in [0.2, 0.25) is 5.91 Å². The van der Waals surface area contributed by atoms with Gasteiger partial charge in [-0.25, -0.2) is 4.68 Å². The maximum absolute atomic E-state index is 12.2. The van der Waals surface area contributed by atoms with Crippen molar-refractivity contribution in [2.75, 3.05) is 5.32 Å². The van der Waals surface area contributed by atoms with Crippen LogP contribution in [0.4, 0.5) is 5.69 Å². The number of aromatic nitrogens is 4. The smallest absolute Gasteiger partial charge is 0.233 e. The van der Waals surface area contributed by atoms with Crippen LogP contribution in [0.2, 0.25) is 0 Å². The molecule has 1 N–H and O–H groups in total. The maximum Gasteiger partial charge on any atom is 0.233 e. The first-order chi connectivity index (χ1) is 9.83. The Morgan fingerprint density at radius 1 is 1.43 bits per heavy atom. The van der Waals surface area contributed by atoms with E-state index in [1.54, 1.807) is 17.7 Å². The lowest BCUT2D eigenvalue weighted by Gasteiger charge is -2.14. The summed E-state index contributed by atoms with van der Waals surface area (Å²) < 4.78 is 0.587. The van der Waals surface area contributed by atoms with Gasteiger partial charge in [0.1, 0.15) is 10.7 Å². The van der Waals surface area contributed by atoms with Gasteiger partial charge in [0, 0.05) is 5.69 Å². The molecule has 1 saturated carbocycles. The van der Waals surface area contributed by atoms with Gasteiger partial charge in [-0.2, -0.15) is 0 Å². The van der Waals surface area contributed by atoms with Crippen LogP contribution < -0.4 is 5.32 Å². The SMILES string of the molecule is Cc1cc(NC(=O)C2(C)CC2(Cl)Cl)ccc1-n1cnnn1. The number of rotatable bonds is 3. The third-order valence-corrected chi connectivity index (χ3v) is 4.91. The largest absolute Gasteiger partial charge is 0.326 e. The molecule has 0 radical (unpaired) electrons. The molecular weight excluding hydrogens is 313 g/mol. The Morgan fingerprint density at radius 3 is 2.67 bits per heavy atom.